The molecule has 1 saturated carbocycles. The molecule has 1 N–H and O–H groups in total. The van der Waals surface area contributed by atoms with Crippen molar-refractivity contribution in [3.05, 3.63) is 0 Å². The van der Waals surface area contributed by atoms with Crippen molar-refractivity contribution in [3.8, 4) is 0 Å². The summed E-state index contributed by atoms with van der Waals surface area (Å²) in [6.07, 6.45) is 9.19. The van der Waals surface area contributed by atoms with Gasteiger partial charge in [0.25, 0.3) is 0 Å². The average molecular weight is 271 g/mol. The van der Waals surface area contributed by atoms with Gasteiger partial charge in [-0.2, -0.15) is 11.8 Å². The molecule has 2 rings (SSSR count). The van der Waals surface area contributed by atoms with Crippen LogP contribution in [0, 0.1) is 0 Å². The van der Waals surface area contributed by atoms with E-state index in [2.05, 4.69) is 23.6 Å². The van der Waals surface area contributed by atoms with E-state index >= 15 is 0 Å². The highest BCUT2D eigenvalue weighted by molar-refractivity contribution is 8.00. The van der Waals surface area contributed by atoms with E-state index in [0.29, 0.717) is 11.3 Å². The van der Waals surface area contributed by atoms with Crippen molar-refractivity contribution in [2.75, 3.05) is 13.1 Å². The lowest BCUT2D eigenvalue weighted by Gasteiger charge is -2.24. The zero-order valence-electron chi connectivity index (χ0n) is 11.3. The van der Waals surface area contributed by atoms with Crippen molar-refractivity contribution in [3.63, 3.8) is 0 Å². The molecular weight excluding hydrogens is 246 g/mol. The summed E-state index contributed by atoms with van der Waals surface area (Å²) in [6, 6.07) is 0.488. The summed E-state index contributed by atoms with van der Waals surface area (Å²) >= 11 is 2.14. The highest BCUT2D eigenvalue weighted by Crippen LogP contribution is 2.36. The minimum absolute atomic E-state index is 0.222. The van der Waals surface area contributed by atoms with E-state index in [9.17, 15) is 4.79 Å². The summed E-state index contributed by atoms with van der Waals surface area (Å²) in [5.41, 5.74) is 0. The zero-order chi connectivity index (χ0) is 13.0. The molecule has 0 amide bonds. The van der Waals surface area contributed by atoms with Gasteiger partial charge in [0, 0.05) is 23.1 Å². The van der Waals surface area contributed by atoms with Crippen molar-refractivity contribution in [2.24, 2.45) is 0 Å². The molecule has 0 aromatic carbocycles. The van der Waals surface area contributed by atoms with E-state index in [-0.39, 0.29) is 6.54 Å². The van der Waals surface area contributed by atoms with E-state index in [1.165, 1.54) is 38.5 Å². The molecular formula is C14H25NO2S. The van der Waals surface area contributed by atoms with Gasteiger partial charge in [0.05, 0.1) is 6.54 Å². The van der Waals surface area contributed by atoms with Crippen molar-refractivity contribution < 1.29 is 9.90 Å². The molecule has 2 atom stereocenters. The van der Waals surface area contributed by atoms with Crippen LogP contribution >= 0.6 is 11.8 Å². The number of hydrogen-bond acceptors (Lipinski definition) is 3. The van der Waals surface area contributed by atoms with E-state index in [4.69, 9.17) is 5.11 Å². The summed E-state index contributed by atoms with van der Waals surface area (Å²) in [5, 5.41) is 10.4. The van der Waals surface area contributed by atoms with Crippen LogP contribution < -0.4 is 0 Å². The number of likely N-dealkylation sites (tertiary alicyclic amines) is 1. The Bertz CT molecular complexity index is 279. The maximum atomic E-state index is 10.9. The monoisotopic (exact) mass is 271 g/mol. The molecule has 2 unspecified atom stereocenters. The van der Waals surface area contributed by atoms with Crippen LogP contribution in [-0.4, -0.2) is 45.6 Å². The fraction of sp³-hybridized carbons (Fsp3) is 0.929. The van der Waals surface area contributed by atoms with Gasteiger partial charge in [-0.15, -0.1) is 0 Å². The molecule has 0 radical (unpaired) electrons. The number of aliphatic carboxylic acids is 1. The van der Waals surface area contributed by atoms with E-state index in [0.717, 1.165) is 18.2 Å². The number of nitrogens with zero attached hydrogens (tertiary/aromatic N) is 1. The predicted octanol–water partition coefficient (Wildman–Crippen LogP) is 2.99. The van der Waals surface area contributed by atoms with Crippen molar-refractivity contribution in [1.29, 1.82) is 0 Å². The molecule has 1 heterocycles. The number of hydrogen-bond donors (Lipinski definition) is 1. The lowest BCUT2D eigenvalue weighted by molar-refractivity contribution is -0.138. The highest BCUT2D eigenvalue weighted by Gasteiger charge is 2.33. The Balaban J connectivity index is 1.81. The molecule has 1 aliphatic carbocycles. The molecule has 0 aromatic rings. The number of rotatable bonds is 5. The Morgan fingerprint density at radius 3 is 2.61 bits per heavy atom. The fourth-order valence-electron chi connectivity index (χ4n) is 3.30. The number of carboxylic acids is 1. The largest absolute Gasteiger partial charge is 0.480 e. The predicted molar refractivity (Wildman–Crippen MR) is 76.2 cm³/mol. The normalized spacial score (nSPS) is 30.7. The maximum Gasteiger partial charge on any atom is 0.317 e. The summed E-state index contributed by atoms with van der Waals surface area (Å²) in [6.45, 7) is 3.37. The topological polar surface area (TPSA) is 40.5 Å². The van der Waals surface area contributed by atoms with Gasteiger partial charge < -0.3 is 5.11 Å². The summed E-state index contributed by atoms with van der Waals surface area (Å²) in [5.74, 6) is -0.684. The van der Waals surface area contributed by atoms with Crippen LogP contribution in [0.2, 0.25) is 0 Å². The third-order valence-corrected chi connectivity index (χ3v) is 5.82. The lowest BCUT2D eigenvalue weighted by atomic mass is 10.0. The van der Waals surface area contributed by atoms with Crippen LogP contribution in [0.3, 0.4) is 0 Å². The molecule has 0 spiro atoms. The quantitative estimate of drug-likeness (QED) is 0.834. The molecule has 104 valence electrons. The second kappa shape index (κ2) is 6.80. The molecule has 1 aliphatic heterocycles. The first-order valence-corrected chi connectivity index (χ1v) is 8.24. The Morgan fingerprint density at radius 2 is 2.00 bits per heavy atom. The third-order valence-electron chi connectivity index (χ3n) is 4.24. The Labute approximate surface area is 114 Å². The van der Waals surface area contributed by atoms with E-state index in [1.54, 1.807) is 0 Å². The molecule has 2 fully saturated rings. The van der Waals surface area contributed by atoms with Crippen molar-refractivity contribution >= 4 is 17.7 Å². The van der Waals surface area contributed by atoms with Crippen molar-refractivity contribution in [2.45, 2.75) is 68.4 Å². The second-order valence-electron chi connectivity index (χ2n) is 5.64. The van der Waals surface area contributed by atoms with E-state index < -0.39 is 5.97 Å². The SMILES string of the molecule is CCC1CC(SC2CCCCC2)CN1CC(=O)O. The second-order valence-corrected chi connectivity index (χ2v) is 7.24. The minimum atomic E-state index is -0.684. The molecule has 1 saturated heterocycles. The van der Waals surface area contributed by atoms with Gasteiger partial charge in [-0.1, -0.05) is 26.2 Å². The molecule has 18 heavy (non-hydrogen) atoms. The smallest absolute Gasteiger partial charge is 0.317 e. The van der Waals surface area contributed by atoms with Gasteiger partial charge in [0.1, 0.15) is 0 Å². The van der Waals surface area contributed by atoms with Crippen LogP contribution in [0.4, 0.5) is 0 Å². The summed E-state index contributed by atoms with van der Waals surface area (Å²) in [4.78, 5) is 13.0. The summed E-state index contributed by atoms with van der Waals surface area (Å²) in [7, 11) is 0. The Hall–Kier alpha value is -0.220. The minimum Gasteiger partial charge on any atom is -0.480 e. The van der Waals surface area contributed by atoms with Crippen LogP contribution in [0.25, 0.3) is 0 Å². The number of thioether (sulfide) groups is 1. The first-order chi connectivity index (χ1) is 8.69. The van der Waals surface area contributed by atoms with Crippen LogP contribution in [0.15, 0.2) is 0 Å². The maximum absolute atomic E-state index is 10.9. The standard InChI is InChI=1S/C14H25NO2S/c1-2-11-8-13(9-15(11)10-14(16)17)18-12-6-4-3-5-7-12/h11-13H,2-10H2,1H3,(H,16,17). The van der Waals surface area contributed by atoms with Gasteiger partial charge in [-0.3, -0.25) is 9.69 Å². The molecule has 3 nitrogen and oxygen atoms in total. The first-order valence-electron chi connectivity index (χ1n) is 7.30. The van der Waals surface area contributed by atoms with Gasteiger partial charge in [0.2, 0.25) is 0 Å². The summed E-state index contributed by atoms with van der Waals surface area (Å²) < 4.78 is 0. The first kappa shape index (κ1) is 14.2. The molecule has 0 aromatic heterocycles. The highest BCUT2D eigenvalue weighted by atomic mass is 32.2. The average Bonchev–Trinajstić information content (AvgIpc) is 2.71. The number of carbonyl (C=O) groups is 1. The van der Waals surface area contributed by atoms with Crippen LogP contribution in [0.5, 0.6) is 0 Å². The fourth-order valence-corrected chi connectivity index (χ4v) is 5.06. The zero-order valence-corrected chi connectivity index (χ0v) is 12.1. The van der Waals surface area contributed by atoms with Crippen LogP contribution in [0.1, 0.15) is 51.9 Å². The van der Waals surface area contributed by atoms with Gasteiger partial charge >= 0.3 is 5.97 Å². The van der Waals surface area contributed by atoms with Crippen molar-refractivity contribution in [1.82, 2.24) is 4.90 Å². The van der Waals surface area contributed by atoms with Gasteiger partial charge in [0.15, 0.2) is 0 Å². The van der Waals surface area contributed by atoms with Gasteiger partial charge in [-0.05, 0) is 25.7 Å². The van der Waals surface area contributed by atoms with E-state index in [1.807, 2.05) is 0 Å². The molecule has 2 aliphatic rings. The third kappa shape index (κ3) is 3.89. The lowest BCUT2D eigenvalue weighted by Crippen LogP contribution is -2.34. The van der Waals surface area contributed by atoms with Crippen LogP contribution in [-0.2, 0) is 4.79 Å². The van der Waals surface area contributed by atoms with Gasteiger partial charge in [-0.25, -0.2) is 0 Å². The number of carboxylic acid groups (broad SMARTS) is 1. The Kier molecular flexibility index (Phi) is 5.37. The molecule has 0 bridgehead atoms. The Morgan fingerprint density at radius 1 is 1.28 bits per heavy atom. The molecule has 4 heteroatoms.